The molecule has 124 valence electrons. The fourth-order valence-electron chi connectivity index (χ4n) is 2.89. The number of carboxylic acid groups (broad SMARTS) is 1. The maximum Gasteiger partial charge on any atom is 0.337 e. The monoisotopic (exact) mass is 319 g/mol. The molecule has 0 aliphatic carbocycles. The molecule has 0 spiro atoms. The number of carbonyl (C=O) groups is 1. The quantitative estimate of drug-likeness (QED) is 0.800. The van der Waals surface area contributed by atoms with Gasteiger partial charge < -0.3 is 24.3 Å². The molecule has 0 amide bonds. The van der Waals surface area contributed by atoms with E-state index < -0.39 is 5.97 Å². The normalized spacial score (nSPS) is 19.3. The number of pyridine rings is 1. The average Bonchev–Trinajstić information content (AvgIpc) is 3.21. The van der Waals surface area contributed by atoms with Gasteiger partial charge in [-0.2, -0.15) is 0 Å². The minimum absolute atomic E-state index is 0.0197. The summed E-state index contributed by atoms with van der Waals surface area (Å²) in [5.41, 5.74) is 1.88. The van der Waals surface area contributed by atoms with Crippen LogP contribution in [0.2, 0.25) is 0 Å². The van der Waals surface area contributed by atoms with Crippen LogP contribution in [0, 0.1) is 0 Å². The number of rotatable bonds is 7. The summed E-state index contributed by atoms with van der Waals surface area (Å²) in [6.45, 7) is 2.06. The molecule has 1 fully saturated rings. The van der Waals surface area contributed by atoms with E-state index >= 15 is 0 Å². The van der Waals surface area contributed by atoms with Crippen LogP contribution in [0.4, 0.5) is 0 Å². The predicted molar refractivity (Wildman–Crippen MR) is 83.6 cm³/mol. The number of aromatic carboxylic acids is 1. The Labute approximate surface area is 134 Å². The van der Waals surface area contributed by atoms with Gasteiger partial charge in [0.05, 0.1) is 29.7 Å². The topological polar surface area (TPSA) is 85.1 Å². The van der Waals surface area contributed by atoms with E-state index in [1.54, 1.807) is 36.0 Å². The van der Waals surface area contributed by atoms with Gasteiger partial charge in [-0.05, 0) is 25.0 Å². The van der Waals surface area contributed by atoms with Gasteiger partial charge in [0, 0.05) is 33.0 Å². The Hall–Kier alpha value is -1.96. The Bertz CT molecular complexity index is 679. The lowest BCUT2D eigenvalue weighted by molar-refractivity contribution is -0.0256. The maximum absolute atomic E-state index is 11.1. The number of nitrogens with one attached hydrogen (secondary N) is 1. The smallest absolute Gasteiger partial charge is 0.337 e. The van der Waals surface area contributed by atoms with Crippen molar-refractivity contribution in [2.24, 2.45) is 0 Å². The van der Waals surface area contributed by atoms with Gasteiger partial charge in [0.25, 0.3) is 0 Å². The molecule has 1 aliphatic rings. The largest absolute Gasteiger partial charge is 0.478 e. The van der Waals surface area contributed by atoms with Crippen LogP contribution in [0.1, 0.15) is 28.9 Å². The van der Waals surface area contributed by atoms with Crippen molar-refractivity contribution < 1.29 is 19.4 Å². The van der Waals surface area contributed by atoms with E-state index in [4.69, 9.17) is 14.6 Å². The second-order valence-corrected chi connectivity index (χ2v) is 5.66. The third-order valence-corrected chi connectivity index (χ3v) is 4.16. The minimum Gasteiger partial charge on any atom is -0.478 e. The summed E-state index contributed by atoms with van der Waals surface area (Å²) in [5.74, 6) is -0.947. The standard InChI is InChI=1S/C16H21N3O4/c1-22-14(13-3-2-6-23-13)9-17-7-12-8-18-15-5-4-11(16(20)21)10-19(12)15/h4-5,8,10,13-14,17H,2-3,6-7,9H2,1H3,(H,20,21). The van der Waals surface area contributed by atoms with Crippen molar-refractivity contribution in [3.8, 4) is 0 Å². The first kappa shape index (κ1) is 15.9. The number of carboxylic acids is 1. The lowest BCUT2D eigenvalue weighted by Gasteiger charge is -2.21. The molecule has 7 nitrogen and oxygen atoms in total. The van der Waals surface area contributed by atoms with Crippen LogP contribution in [0.3, 0.4) is 0 Å². The van der Waals surface area contributed by atoms with Crippen LogP contribution < -0.4 is 5.32 Å². The van der Waals surface area contributed by atoms with Crippen LogP contribution >= 0.6 is 0 Å². The summed E-state index contributed by atoms with van der Waals surface area (Å²) >= 11 is 0. The van der Waals surface area contributed by atoms with Crippen LogP contribution in [0.25, 0.3) is 5.65 Å². The molecule has 1 saturated heterocycles. The first-order valence-corrected chi connectivity index (χ1v) is 7.73. The number of methoxy groups -OCH3 is 1. The number of hydrogen-bond donors (Lipinski definition) is 2. The number of imidazole rings is 1. The van der Waals surface area contributed by atoms with Crippen molar-refractivity contribution in [1.29, 1.82) is 0 Å². The third-order valence-electron chi connectivity index (χ3n) is 4.16. The van der Waals surface area contributed by atoms with E-state index in [1.165, 1.54) is 0 Å². The van der Waals surface area contributed by atoms with Gasteiger partial charge in [0.2, 0.25) is 0 Å². The Morgan fingerprint density at radius 1 is 1.61 bits per heavy atom. The molecular weight excluding hydrogens is 298 g/mol. The molecule has 0 radical (unpaired) electrons. The highest BCUT2D eigenvalue weighted by Crippen LogP contribution is 2.17. The lowest BCUT2D eigenvalue weighted by atomic mass is 10.1. The lowest BCUT2D eigenvalue weighted by Crippen LogP contribution is -2.37. The van der Waals surface area contributed by atoms with Gasteiger partial charge >= 0.3 is 5.97 Å². The molecule has 0 bridgehead atoms. The third kappa shape index (κ3) is 3.52. The van der Waals surface area contributed by atoms with Crippen LogP contribution in [-0.4, -0.2) is 52.9 Å². The molecule has 0 aromatic carbocycles. The molecule has 0 saturated carbocycles. The van der Waals surface area contributed by atoms with Gasteiger partial charge in [-0.15, -0.1) is 0 Å². The van der Waals surface area contributed by atoms with Gasteiger partial charge in [-0.3, -0.25) is 0 Å². The molecule has 2 aromatic rings. The highest BCUT2D eigenvalue weighted by molar-refractivity contribution is 5.87. The predicted octanol–water partition coefficient (Wildman–Crippen LogP) is 1.32. The van der Waals surface area contributed by atoms with E-state index in [-0.39, 0.29) is 17.8 Å². The van der Waals surface area contributed by atoms with Crippen molar-refractivity contribution >= 4 is 11.6 Å². The first-order valence-electron chi connectivity index (χ1n) is 7.73. The van der Waals surface area contributed by atoms with E-state index in [2.05, 4.69) is 10.3 Å². The summed E-state index contributed by atoms with van der Waals surface area (Å²) in [5, 5.41) is 12.4. The van der Waals surface area contributed by atoms with E-state index in [0.29, 0.717) is 13.1 Å². The van der Waals surface area contributed by atoms with Gasteiger partial charge in [0.1, 0.15) is 5.65 Å². The summed E-state index contributed by atoms with van der Waals surface area (Å²) in [7, 11) is 1.70. The van der Waals surface area contributed by atoms with Crippen molar-refractivity contribution in [2.75, 3.05) is 20.3 Å². The molecular formula is C16H21N3O4. The molecule has 7 heteroatoms. The molecule has 1 aliphatic heterocycles. The molecule has 23 heavy (non-hydrogen) atoms. The summed E-state index contributed by atoms with van der Waals surface area (Å²) in [4.78, 5) is 15.4. The Balaban J connectivity index is 1.64. The summed E-state index contributed by atoms with van der Waals surface area (Å²) < 4.78 is 13.0. The maximum atomic E-state index is 11.1. The van der Waals surface area contributed by atoms with Crippen molar-refractivity contribution in [1.82, 2.24) is 14.7 Å². The minimum atomic E-state index is -0.947. The van der Waals surface area contributed by atoms with E-state index in [0.717, 1.165) is 30.8 Å². The molecule has 3 heterocycles. The number of aromatic nitrogens is 2. The number of nitrogens with zero attached hydrogens (tertiary/aromatic N) is 2. The molecule has 2 atom stereocenters. The van der Waals surface area contributed by atoms with E-state index in [9.17, 15) is 4.79 Å². The SMILES string of the molecule is COC(CNCc1cnc2ccc(C(=O)O)cn12)C1CCCO1. The van der Waals surface area contributed by atoms with Crippen molar-refractivity contribution in [2.45, 2.75) is 31.6 Å². The number of hydrogen-bond acceptors (Lipinski definition) is 5. The second kappa shape index (κ2) is 7.08. The average molecular weight is 319 g/mol. The van der Waals surface area contributed by atoms with Gasteiger partial charge in [-0.1, -0.05) is 0 Å². The zero-order chi connectivity index (χ0) is 16.2. The molecule has 2 aromatic heterocycles. The fraction of sp³-hybridized carbons (Fsp3) is 0.500. The van der Waals surface area contributed by atoms with Crippen LogP contribution in [0.5, 0.6) is 0 Å². The molecule has 2 unspecified atom stereocenters. The Morgan fingerprint density at radius 3 is 3.17 bits per heavy atom. The first-order chi connectivity index (χ1) is 11.2. The molecule has 2 N–H and O–H groups in total. The number of ether oxygens (including phenoxy) is 2. The van der Waals surface area contributed by atoms with Crippen LogP contribution in [0.15, 0.2) is 24.5 Å². The second-order valence-electron chi connectivity index (χ2n) is 5.66. The van der Waals surface area contributed by atoms with Gasteiger partial charge in [-0.25, -0.2) is 9.78 Å². The zero-order valence-electron chi connectivity index (χ0n) is 13.1. The van der Waals surface area contributed by atoms with Crippen molar-refractivity contribution in [3.63, 3.8) is 0 Å². The Morgan fingerprint density at radius 2 is 2.48 bits per heavy atom. The molecule has 3 rings (SSSR count). The van der Waals surface area contributed by atoms with Crippen LogP contribution in [-0.2, 0) is 16.0 Å². The fourth-order valence-corrected chi connectivity index (χ4v) is 2.89. The summed E-state index contributed by atoms with van der Waals surface area (Å²) in [6.07, 6.45) is 5.62. The number of fused-ring (bicyclic) bond motifs is 1. The van der Waals surface area contributed by atoms with E-state index in [1.807, 2.05) is 0 Å². The summed E-state index contributed by atoms with van der Waals surface area (Å²) in [6, 6.07) is 3.26. The zero-order valence-corrected chi connectivity index (χ0v) is 13.1. The highest BCUT2D eigenvalue weighted by Gasteiger charge is 2.25. The Kier molecular flexibility index (Phi) is 4.90. The van der Waals surface area contributed by atoms with Gasteiger partial charge in [0.15, 0.2) is 0 Å². The highest BCUT2D eigenvalue weighted by atomic mass is 16.5. The van der Waals surface area contributed by atoms with Crippen molar-refractivity contribution in [3.05, 3.63) is 35.8 Å².